The number of hydrogen-bond donors (Lipinski definition) is 2. The van der Waals surface area contributed by atoms with Crippen molar-refractivity contribution in [2.45, 2.75) is 0 Å². The van der Waals surface area contributed by atoms with E-state index in [1.54, 1.807) is 24.3 Å². The van der Waals surface area contributed by atoms with Crippen LogP contribution in [-0.2, 0) is 4.79 Å². The Balaban J connectivity index is 2.18. The molecule has 3 aromatic carbocycles. The molecule has 120 valence electrons. The first-order valence-corrected chi connectivity index (χ1v) is 7.40. The van der Waals surface area contributed by atoms with Gasteiger partial charge >= 0.3 is 5.97 Å². The number of carbonyl (C=O) groups is 1. The van der Waals surface area contributed by atoms with E-state index in [-0.39, 0.29) is 11.3 Å². The monoisotopic (exact) mass is 320 g/mol. The Morgan fingerprint density at radius 1 is 1.04 bits per heavy atom. The van der Waals surface area contributed by atoms with Crippen LogP contribution in [0.25, 0.3) is 22.4 Å². The number of phenolic OH excluding ortho intramolecular Hbond substituents is 1. The smallest absolute Gasteiger partial charge is 0.336 e. The Bertz CT molecular complexity index is 936. The molecule has 0 unspecified atom stereocenters. The Kier molecular flexibility index (Phi) is 4.20. The number of phenols is 1. The summed E-state index contributed by atoms with van der Waals surface area (Å²) in [7, 11) is 1.45. The Morgan fingerprint density at radius 3 is 2.54 bits per heavy atom. The maximum absolute atomic E-state index is 11.8. The van der Waals surface area contributed by atoms with Crippen LogP contribution >= 0.6 is 0 Å². The molecule has 0 aliphatic carbocycles. The molecule has 0 fully saturated rings. The van der Waals surface area contributed by atoms with Crippen molar-refractivity contribution < 1.29 is 19.7 Å². The van der Waals surface area contributed by atoms with Gasteiger partial charge in [-0.25, -0.2) is 4.79 Å². The number of carboxylic acids is 1. The topological polar surface area (TPSA) is 66.8 Å². The summed E-state index contributed by atoms with van der Waals surface area (Å²) in [6, 6.07) is 18.0. The molecule has 24 heavy (non-hydrogen) atoms. The molecule has 0 saturated carbocycles. The molecule has 0 radical (unpaired) electrons. The van der Waals surface area contributed by atoms with Crippen molar-refractivity contribution in [3.8, 4) is 11.5 Å². The first-order chi connectivity index (χ1) is 11.6. The third kappa shape index (κ3) is 2.94. The molecule has 0 aliphatic heterocycles. The van der Waals surface area contributed by atoms with Crippen molar-refractivity contribution in [2.75, 3.05) is 7.11 Å². The number of rotatable bonds is 4. The maximum Gasteiger partial charge on any atom is 0.336 e. The minimum Gasteiger partial charge on any atom is -0.504 e. The van der Waals surface area contributed by atoms with Crippen molar-refractivity contribution >= 4 is 28.4 Å². The number of ether oxygens (including phenoxy) is 1. The SMILES string of the molecule is COc1cc(/C=C(\C(=O)O)c2cccc3ccccc23)ccc1O. The van der Waals surface area contributed by atoms with E-state index >= 15 is 0 Å². The molecule has 4 heteroatoms. The van der Waals surface area contributed by atoms with E-state index in [1.807, 2.05) is 36.4 Å². The summed E-state index contributed by atoms with van der Waals surface area (Å²) in [4.78, 5) is 11.8. The van der Waals surface area contributed by atoms with Gasteiger partial charge in [0.25, 0.3) is 0 Å². The van der Waals surface area contributed by atoms with Gasteiger partial charge in [0.05, 0.1) is 12.7 Å². The van der Waals surface area contributed by atoms with Crippen LogP contribution in [0.2, 0.25) is 0 Å². The largest absolute Gasteiger partial charge is 0.504 e. The highest BCUT2D eigenvalue weighted by molar-refractivity contribution is 6.23. The van der Waals surface area contributed by atoms with Crippen LogP contribution in [0.15, 0.2) is 60.7 Å². The molecule has 4 nitrogen and oxygen atoms in total. The van der Waals surface area contributed by atoms with Gasteiger partial charge in [0.15, 0.2) is 11.5 Å². The molecular weight excluding hydrogens is 304 g/mol. The third-order valence-electron chi connectivity index (χ3n) is 3.82. The second kappa shape index (κ2) is 6.46. The second-order valence-electron chi connectivity index (χ2n) is 5.32. The summed E-state index contributed by atoms with van der Waals surface area (Å²) < 4.78 is 5.08. The summed E-state index contributed by atoms with van der Waals surface area (Å²) in [6.07, 6.45) is 1.58. The Morgan fingerprint density at radius 2 is 1.79 bits per heavy atom. The van der Waals surface area contributed by atoms with Gasteiger partial charge in [-0.2, -0.15) is 0 Å². The van der Waals surface area contributed by atoms with E-state index in [1.165, 1.54) is 13.2 Å². The maximum atomic E-state index is 11.8. The van der Waals surface area contributed by atoms with Gasteiger partial charge in [-0.3, -0.25) is 0 Å². The summed E-state index contributed by atoms with van der Waals surface area (Å²) in [5, 5.41) is 21.2. The minimum absolute atomic E-state index is 0.0108. The normalized spacial score (nSPS) is 11.5. The van der Waals surface area contributed by atoms with Crippen molar-refractivity contribution in [3.63, 3.8) is 0 Å². The summed E-state index contributed by atoms with van der Waals surface area (Å²) >= 11 is 0. The van der Waals surface area contributed by atoms with Crippen molar-refractivity contribution in [1.29, 1.82) is 0 Å². The Labute approximate surface area is 139 Å². The Hall–Kier alpha value is -3.27. The third-order valence-corrected chi connectivity index (χ3v) is 3.82. The average Bonchev–Trinajstić information content (AvgIpc) is 2.60. The van der Waals surface area contributed by atoms with Crippen LogP contribution in [-0.4, -0.2) is 23.3 Å². The highest BCUT2D eigenvalue weighted by Crippen LogP contribution is 2.30. The first-order valence-electron chi connectivity index (χ1n) is 7.40. The van der Waals surface area contributed by atoms with Crippen LogP contribution in [0, 0.1) is 0 Å². The van der Waals surface area contributed by atoms with Gasteiger partial charge in [-0.1, -0.05) is 48.5 Å². The minimum atomic E-state index is -1.02. The summed E-state index contributed by atoms with van der Waals surface area (Å²) in [5.74, 6) is -0.707. The van der Waals surface area contributed by atoms with Gasteiger partial charge in [0.1, 0.15) is 0 Å². The number of methoxy groups -OCH3 is 1. The van der Waals surface area contributed by atoms with Crippen LogP contribution in [0.4, 0.5) is 0 Å². The lowest BCUT2D eigenvalue weighted by molar-refractivity contribution is -0.130. The molecule has 0 bridgehead atoms. The fourth-order valence-corrected chi connectivity index (χ4v) is 2.67. The zero-order valence-corrected chi connectivity index (χ0v) is 13.1. The molecular formula is C20H16O4. The fraction of sp³-hybridized carbons (Fsp3) is 0.0500. The van der Waals surface area contributed by atoms with Crippen LogP contribution < -0.4 is 4.74 Å². The molecule has 3 rings (SSSR count). The first kappa shape index (κ1) is 15.6. The highest BCUT2D eigenvalue weighted by atomic mass is 16.5. The lowest BCUT2D eigenvalue weighted by atomic mass is 9.96. The molecule has 0 aliphatic rings. The summed E-state index contributed by atoms with van der Waals surface area (Å²) in [5.41, 5.74) is 1.46. The molecule has 3 aromatic rings. The lowest BCUT2D eigenvalue weighted by Crippen LogP contribution is -2.00. The number of aliphatic carboxylic acids is 1. The van der Waals surface area contributed by atoms with E-state index in [9.17, 15) is 15.0 Å². The van der Waals surface area contributed by atoms with Crippen LogP contribution in [0.5, 0.6) is 11.5 Å². The van der Waals surface area contributed by atoms with E-state index < -0.39 is 5.97 Å². The number of carboxylic acid groups (broad SMARTS) is 1. The molecule has 0 atom stereocenters. The predicted octanol–water partition coefficient (Wildman–Crippen LogP) is 4.18. The van der Waals surface area contributed by atoms with Crippen molar-refractivity contribution in [1.82, 2.24) is 0 Å². The zero-order chi connectivity index (χ0) is 17.1. The molecule has 2 N–H and O–H groups in total. The number of aromatic hydroxyl groups is 1. The van der Waals surface area contributed by atoms with E-state index in [0.717, 1.165) is 10.8 Å². The van der Waals surface area contributed by atoms with Gasteiger partial charge in [-0.15, -0.1) is 0 Å². The summed E-state index contributed by atoms with van der Waals surface area (Å²) in [6.45, 7) is 0. The molecule has 0 spiro atoms. The lowest BCUT2D eigenvalue weighted by Gasteiger charge is -2.09. The van der Waals surface area contributed by atoms with E-state index in [0.29, 0.717) is 16.9 Å². The van der Waals surface area contributed by atoms with Gasteiger partial charge < -0.3 is 14.9 Å². The van der Waals surface area contributed by atoms with E-state index in [4.69, 9.17) is 4.74 Å². The molecule has 0 heterocycles. The average molecular weight is 320 g/mol. The molecule has 0 aromatic heterocycles. The number of benzene rings is 3. The predicted molar refractivity (Wildman–Crippen MR) is 94.1 cm³/mol. The molecule has 0 saturated heterocycles. The van der Waals surface area contributed by atoms with Gasteiger partial charge in [-0.05, 0) is 40.1 Å². The van der Waals surface area contributed by atoms with Crippen LogP contribution in [0.1, 0.15) is 11.1 Å². The number of fused-ring (bicyclic) bond motifs is 1. The molecule has 0 amide bonds. The van der Waals surface area contributed by atoms with Gasteiger partial charge in [0.2, 0.25) is 0 Å². The fourth-order valence-electron chi connectivity index (χ4n) is 2.67. The zero-order valence-electron chi connectivity index (χ0n) is 13.1. The van der Waals surface area contributed by atoms with Crippen molar-refractivity contribution in [2.24, 2.45) is 0 Å². The van der Waals surface area contributed by atoms with Crippen molar-refractivity contribution in [3.05, 3.63) is 71.8 Å². The van der Waals surface area contributed by atoms with Gasteiger partial charge in [0, 0.05) is 0 Å². The van der Waals surface area contributed by atoms with E-state index in [2.05, 4.69) is 0 Å². The quantitative estimate of drug-likeness (QED) is 0.559. The second-order valence-corrected chi connectivity index (χ2v) is 5.32. The standard InChI is InChI=1S/C20H16O4/c1-24-19-12-13(9-10-18(19)21)11-17(20(22)23)16-8-4-6-14-5-2-3-7-15(14)16/h2-12,21H,1H3,(H,22,23)/b17-11-. The highest BCUT2D eigenvalue weighted by Gasteiger charge is 2.14. The van der Waals surface area contributed by atoms with Crippen LogP contribution in [0.3, 0.4) is 0 Å². The number of hydrogen-bond acceptors (Lipinski definition) is 3.